The number of hydrogen-bond acceptors (Lipinski definition) is 1. The highest BCUT2D eigenvalue weighted by molar-refractivity contribution is 5.86. The molecule has 16 heavy (non-hydrogen) atoms. The van der Waals surface area contributed by atoms with E-state index < -0.39 is 0 Å². The van der Waals surface area contributed by atoms with E-state index in [0.29, 0.717) is 0 Å². The van der Waals surface area contributed by atoms with Crippen LogP contribution in [0.15, 0.2) is 18.2 Å². The summed E-state index contributed by atoms with van der Waals surface area (Å²) < 4.78 is 2.38. The number of nitrogens with one attached hydrogen (secondary N) is 1. The lowest BCUT2D eigenvalue weighted by Gasteiger charge is -2.04. The number of nitrogens with zero attached hydrogens (tertiary/aromatic N) is 1. The van der Waals surface area contributed by atoms with Crippen LogP contribution in [0.3, 0.4) is 0 Å². The second kappa shape index (κ2) is 4.30. The first-order valence-electron chi connectivity index (χ1n) is 5.92. The standard InChI is InChI=1S/C14H20N2/c1-5-16-11(3)10(2)13-8-12(9-15-4)6-7-14(13)16/h6-8,15H,5,9H2,1-4H3. The average Bonchev–Trinajstić information content (AvgIpc) is 2.53. The second-order valence-electron chi connectivity index (χ2n) is 4.34. The number of rotatable bonds is 3. The highest BCUT2D eigenvalue weighted by Crippen LogP contribution is 2.26. The molecule has 0 aliphatic heterocycles. The smallest absolute Gasteiger partial charge is 0.0485 e. The lowest BCUT2D eigenvalue weighted by atomic mass is 10.1. The third-order valence-corrected chi connectivity index (χ3v) is 3.40. The Bertz CT molecular complexity index is 509. The Morgan fingerprint density at radius 3 is 2.62 bits per heavy atom. The van der Waals surface area contributed by atoms with Gasteiger partial charge in [0.1, 0.15) is 0 Å². The molecule has 1 heterocycles. The zero-order valence-electron chi connectivity index (χ0n) is 10.6. The minimum absolute atomic E-state index is 0.936. The van der Waals surface area contributed by atoms with Crippen LogP contribution in [0.1, 0.15) is 23.7 Å². The summed E-state index contributed by atoms with van der Waals surface area (Å²) in [4.78, 5) is 0. The van der Waals surface area contributed by atoms with Crippen molar-refractivity contribution in [2.24, 2.45) is 0 Å². The van der Waals surface area contributed by atoms with Crippen molar-refractivity contribution in [3.63, 3.8) is 0 Å². The first kappa shape index (κ1) is 11.2. The van der Waals surface area contributed by atoms with Gasteiger partial charge in [0, 0.05) is 29.7 Å². The van der Waals surface area contributed by atoms with E-state index in [4.69, 9.17) is 0 Å². The predicted octanol–water partition coefficient (Wildman–Crippen LogP) is 3.00. The number of benzene rings is 1. The van der Waals surface area contributed by atoms with Crippen molar-refractivity contribution in [2.45, 2.75) is 33.9 Å². The van der Waals surface area contributed by atoms with E-state index >= 15 is 0 Å². The SMILES string of the molecule is CCn1c(C)c(C)c2cc(CNC)ccc21. The van der Waals surface area contributed by atoms with E-state index in [1.807, 2.05) is 7.05 Å². The van der Waals surface area contributed by atoms with Gasteiger partial charge in [0.2, 0.25) is 0 Å². The van der Waals surface area contributed by atoms with Gasteiger partial charge in [-0.05, 0) is 51.1 Å². The Hall–Kier alpha value is -1.28. The van der Waals surface area contributed by atoms with Crippen LogP contribution in [0, 0.1) is 13.8 Å². The minimum Gasteiger partial charge on any atom is -0.345 e. The molecular formula is C14H20N2. The summed E-state index contributed by atoms with van der Waals surface area (Å²) in [5.41, 5.74) is 5.51. The summed E-state index contributed by atoms with van der Waals surface area (Å²) in [5.74, 6) is 0. The molecule has 0 amide bonds. The van der Waals surface area contributed by atoms with Gasteiger partial charge in [0.05, 0.1) is 0 Å². The fourth-order valence-electron chi connectivity index (χ4n) is 2.42. The molecule has 0 saturated carbocycles. The van der Waals surface area contributed by atoms with Crippen LogP contribution >= 0.6 is 0 Å². The maximum atomic E-state index is 3.20. The highest BCUT2D eigenvalue weighted by atomic mass is 15.0. The molecule has 0 unspecified atom stereocenters. The summed E-state index contributed by atoms with van der Waals surface area (Å²) in [5, 5.41) is 4.59. The monoisotopic (exact) mass is 216 g/mol. The molecule has 0 aliphatic carbocycles. The Kier molecular flexibility index (Phi) is 3.01. The summed E-state index contributed by atoms with van der Waals surface area (Å²) in [6, 6.07) is 6.76. The normalized spacial score (nSPS) is 11.2. The van der Waals surface area contributed by atoms with E-state index in [2.05, 4.69) is 48.9 Å². The maximum absolute atomic E-state index is 3.20. The summed E-state index contributed by atoms with van der Waals surface area (Å²) >= 11 is 0. The molecule has 0 radical (unpaired) electrons. The van der Waals surface area contributed by atoms with Crippen molar-refractivity contribution in [1.29, 1.82) is 0 Å². The van der Waals surface area contributed by atoms with Gasteiger partial charge in [-0.15, -0.1) is 0 Å². The third-order valence-electron chi connectivity index (χ3n) is 3.40. The molecule has 86 valence electrons. The molecule has 0 bridgehead atoms. The van der Waals surface area contributed by atoms with Crippen molar-refractivity contribution < 1.29 is 0 Å². The first-order chi connectivity index (χ1) is 7.69. The summed E-state index contributed by atoms with van der Waals surface area (Å²) in [7, 11) is 1.99. The van der Waals surface area contributed by atoms with Crippen LogP contribution in [-0.4, -0.2) is 11.6 Å². The minimum atomic E-state index is 0.936. The molecule has 0 spiro atoms. The van der Waals surface area contributed by atoms with E-state index in [1.165, 1.54) is 27.7 Å². The fourth-order valence-corrected chi connectivity index (χ4v) is 2.42. The number of aryl methyl sites for hydroxylation is 2. The third kappa shape index (κ3) is 1.63. The topological polar surface area (TPSA) is 17.0 Å². The molecule has 2 aromatic rings. The average molecular weight is 216 g/mol. The van der Waals surface area contributed by atoms with Gasteiger partial charge in [-0.1, -0.05) is 6.07 Å². The fraction of sp³-hybridized carbons (Fsp3) is 0.429. The van der Waals surface area contributed by atoms with Gasteiger partial charge in [-0.2, -0.15) is 0 Å². The van der Waals surface area contributed by atoms with Crippen molar-refractivity contribution in [1.82, 2.24) is 9.88 Å². The molecule has 1 aromatic carbocycles. The maximum Gasteiger partial charge on any atom is 0.0485 e. The van der Waals surface area contributed by atoms with Crippen molar-refractivity contribution in [2.75, 3.05) is 7.05 Å². The van der Waals surface area contributed by atoms with E-state index in [9.17, 15) is 0 Å². The van der Waals surface area contributed by atoms with Crippen LogP contribution < -0.4 is 5.32 Å². The summed E-state index contributed by atoms with van der Waals surface area (Å²) in [6.07, 6.45) is 0. The highest BCUT2D eigenvalue weighted by Gasteiger charge is 2.09. The first-order valence-corrected chi connectivity index (χ1v) is 5.92. The predicted molar refractivity (Wildman–Crippen MR) is 69.8 cm³/mol. The van der Waals surface area contributed by atoms with Gasteiger partial charge in [0.25, 0.3) is 0 Å². The molecule has 2 heteroatoms. The van der Waals surface area contributed by atoms with Crippen molar-refractivity contribution in [3.8, 4) is 0 Å². The van der Waals surface area contributed by atoms with Crippen LogP contribution in [-0.2, 0) is 13.1 Å². The van der Waals surface area contributed by atoms with E-state index in [-0.39, 0.29) is 0 Å². The Morgan fingerprint density at radius 2 is 2.00 bits per heavy atom. The van der Waals surface area contributed by atoms with Crippen LogP contribution in [0.5, 0.6) is 0 Å². The lowest BCUT2D eigenvalue weighted by Crippen LogP contribution is -2.04. The zero-order valence-corrected chi connectivity index (χ0v) is 10.6. The summed E-state index contributed by atoms with van der Waals surface area (Å²) in [6.45, 7) is 8.60. The largest absolute Gasteiger partial charge is 0.345 e. The van der Waals surface area contributed by atoms with Gasteiger partial charge < -0.3 is 9.88 Å². The molecule has 0 aliphatic rings. The quantitative estimate of drug-likeness (QED) is 0.834. The molecule has 0 fully saturated rings. The van der Waals surface area contributed by atoms with E-state index in [0.717, 1.165) is 13.1 Å². The van der Waals surface area contributed by atoms with Crippen molar-refractivity contribution >= 4 is 10.9 Å². The van der Waals surface area contributed by atoms with Gasteiger partial charge >= 0.3 is 0 Å². The zero-order chi connectivity index (χ0) is 11.7. The van der Waals surface area contributed by atoms with Crippen molar-refractivity contribution in [3.05, 3.63) is 35.0 Å². The molecule has 0 saturated heterocycles. The van der Waals surface area contributed by atoms with E-state index in [1.54, 1.807) is 0 Å². The van der Waals surface area contributed by atoms with Gasteiger partial charge in [-0.25, -0.2) is 0 Å². The molecule has 1 aromatic heterocycles. The number of hydrogen-bond donors (Lipinski definition) is 1. The van der Waals surface area contributed by atoms with Crippen LogP contribution in [0.4, 0.5) is 0 Å². The second-order valence-corrected chi connectivity index (χ2v) is 4.34. The molecule has 0 atom stereocenters. The molecule has 2 rings (SSSR count). The van der Waals surface area contributed by atoms with Crippen LogP contribution in [0.25, 0.3) is 10.9 Å². The van der Waals surface area contributed by atoms with Crippen LogP contribution in [0.2, 0.25) is 0 Å². The number of fused-ring (bicyclic) bond motifs is 1. The van der Waals surface area contributed by atoms with Gasteiger partial charge in [-0.3, -0.25) is 0 Å². The Balaban J connectivity index is 2.65. The molecule has 2 nitrogen and oxygen atoms in total. The Labute approximate surface area is 97.3 Å². The molecular weight excluding hydrogens is 196 g/mol. The Morgan fingerprint density at radius 1 is 1.25 bits per heavy atom. The van der Waals surface area contributed by atoms with Gasteiger partial charge in [0.15, 0.2) is 0 Å². The lowest BCUT2D eigenvalue weighted by molar-refractivity contribution is 0.766. The number of aromatic nitrogens is 1. The molecule has 1 N–H and O–H groups in total.